The fourth-order valence-corrected chi connectivity index (χ4v) is 5.59. The van der Waals surface area contributed by atoms with Crippen LogP contribution in [0.1, 0.15) is 32.6 Å². The highest BCUT2D eigenvalue weighted by molar-refractivity contribution is 5.95. The number of rotatable bonds is 14. The maximum absolute atomic E-state index is 12.8. The predicted molar refractivity (Wildman–Crippen MR) is 185 cm³/mol. The van der Waals surface area contributed by atoms with E-state index in [4.69, 9.17) is 28.4 Å². The van der Waals surface area contributed by atoms with Gasteiger partial charge in [-0.15, -0.1) is 0 Å². The summed E-state index contributed by atoms with van der Waals surface area (Å²) in [6.45, 7) is 0.344. The van der Waals surface area contributed by atoms with E-state index in [9.17, 15) is 19.8 Å². The molecule has 0 unspecified atom stereocenters. The topological polar surface area (TPSA) is 130 Å². The first-order chi connectivity index (χ1) is 24.3. The lowest BCUT2D eigenvalue weighted by molar-refractivity contribution is -0.132. The van der Waals surface area contributed by atoms with Crippen LogP contribution in [-0.2, 0) is 24.4 Å². The van der Waals surface area contributed by atoms with E-state index in [-0.39, 0.29) is 31.0 Å². The molecule has 1 aliphatic heterocycles. The molecule has 5 aromatic carbocycles. The second kappa shape index (κ2) is 15.2. The van der Waals surface area contributed by atoms with Crippen LogP contribution in [0, 0.1) is 0 Å². The third kappa shape index (κ3) is 7.65. The van der Waals surface area contributed by atoms with E-state index < -0.39 is 11.9 Å². The molecule has 1 heterocycles. The summed E-state index contributed by atoms with van der Waals surface area (Å²) in [5, 5.41) is 20.2. The Morgan fingerprint density at radius 3 is 2.16 bits per heavy atom. The molecule has 0 radical (unpaired) electrons. The first kappa shape index (κ1) is 33.5. The zero-order valence-corrected chi connectivity index (χ0v) is 27.4. The third-order valence-electron chi connectivity index (χ3n) is 8.14. The second-order valence-electron chi connectivity index (χ2n) is 11.3. The molecule has 0 aliphatic carbocycles. The van der Waals surface area contributed by atoms with Crippen molar-refractivity contribution in [2.24, 2.45) is 0 Å². The number of carboxylic acid groups (broad SMARTS) is 2. The van der Waals surface area contributed by atoms with Crippen LogP contribution in [0.3, 0.4) is 0 Å². The highest BCUT2D eigenvalue weighted by Gasteiger charge is 2.22. The van der Waals surface area contributed by atoms with Crippen LogP contribution in [0.15, 0.2) is 109 Å². The molecule has 0 saturated carbocycles. The van der Waals surface area contributed by atoms with E-state index in [0.29, 0.717) is 68.9 Å². The van der Waals surface area contributed by atoms with Gasteiger partial charge in [-0.25, -0.2) is 9.59 Å². The molecule has 0 spiro atoms. The molecule has 50 heavy (non-hydrogen) atoms. The minimum absolute atomic E-state index is 0.0155. The molecule has 10 nitrogen and oxygen atoms in total. The van der Waals surface area contributed by atoms with Crippen LogP contribution in [0.25, 0.3) is 17.2 Å². The van der Waals surface area contributed by atoms with Gasteiger partial charge in [0.2, 0.25) is 6.79 Å². The van der Waals surface area contributed by atoms with Gasteiger partial charge in [0.25, 0.3) is 0 Å². The van der Waals surface area contributed by atoms with Gasteiger partial charge in [0.1, 0.15) is 36.2 Å². The number of carboxylic acids is 2. The van der Waals surface area contributed by atoms with Crippen molar-refractivity contribution in [3.8, 4) is 45.6 Å². The van der Waals surface area contributed by atoms with E-state index in [1.54, 1.807) is 54.6 Å². The summed E-state index contributed by atoms with van der Waals surface area (Å²) in [5.41, 5.74) is 4.11. The number of fused-ring (bicyclic) bond motifs is 1. The van der Waals surface area contributed by atoms with Gasteiger partial charge in [-0.3, -0.25) is 0 Å². The lowest BCUT2D eigenvalue weighted by atomic mass is 9.94. The Bertz CT molecular complexity index is 2050. The average molecular weight is 675 g/mol. The molecular formula is C40H34O10. The van der Waals surface area contributed by atoms with Crippen molar-refractivity contribution in [3.05, 3.63) is 137 Å². The van der Waals surface area contributed by atoms with E-state index >= 15 is 0 Å². The quantitative estimate of drug-likeness (QED) is 0.113. The smallest absolute Gasteiger partial charge is 0.336 e. The van der Waals surface area contributed by atoms with Gasteiger partial charge in [0.15, 0.2) is 11.5 Å². The Balaban J connectivity index is 1.43. The normalized spacial score (nSPS) is 11.9. The Kier molecular flexibility index (Phi) is 10.2. The highest BCUT2D eigenvalue weighted by Crippen LogP contribution is 2.41. The van der Waals surface area contributed by atoms with Crippen molar-refractivity contribution in [3.63, 3.8) is 0 Å². The van der Waals surface area contributed by atoms with Gasteiger partial charge < -0.3 is 38.6 Å². The molecule has 10 heteroatoms. The zero-order valence-electron chi connectivity index (χ0n) is 27.4. The minimum Gasteiger partial charge on any atom is -0.497 e. The third-order valence-corrected chi connectivity index (χ3v) is 8.14. The summed E-state index contributed by atoms with van der Waals surface area (Å²) in [6, 6.07) is 30.5. The number of aliphatic carboxylic acids is 1. The molecule has 0 amide bonds. The Hall–Kier alpha value is -6.42. The van der Waals surface area contributed by atoms with Crippen molar-refractivity contribution in [2.75, 3.05) is 21.0 Å². The maximum atomic E-state index is 12.8. The molecule has 1 aliphatic rings. The standard InChI is InChI=1S/C40H34O10/c1-45-30-12-15-34(36(20-30)48-23-26-10-6-7-11-33(26)40(43)44)32-14-13-31(47-22-25-8-4-3-5-9-25)18-27(32)16-29(39(41)42)17-28-19-37-38(50-24-49-37)21-35(28)46-2/h3-16,18-21H,17,22-24H2,1-2H3,(H,41,42)(H,43,44). The number of benzene rings is 5. The second-order valence-corrected chi connectivity index (χ2v) is 11.3. The van der Waals surface area contributed by atoms with Crippen LogP contribution in [0.5, 0.6) is 34.5 Å². The van der Waals surface area contributed by atoms with Crippen LogP contribution in [-0.4, -0.2) is 43.2 Å². The van der Waals surface area contributed by atoms with Gasteiger partial charge in [-0.2, -0.15) is 0 Å². The van der Waals surface area contributed by atoms with Crippen molar-refractivity contribution in [1.82, 2.24) is 0 Å². The molecule has 0 atom stereocenters. The van der Waals surface area contributed by atoms with Crippen LogP contribution in [0.4, 0.5) is 0 Å². The van der Waals surface area contributed by atoms with Crippen LogP contribution in [0.2, 0.25) is 0 Å². The van der Waals surface area contributed by atoms with Gasteiger partial charge >= 0.3 is 11.9 Å². The molecule has 0 aromatic heterocycles. The number of hydrogen-bond donors (Lipinski definition) is 2. The van der Waals surface area contributed by atoms with E-state index in [1.165, 1.54) is 20.3 Å². The maximum Gasteiger partial charge on any atom is 0.336 e. The summed E-state index contributed by atoms with van der Waals surface area (Å²) in [5.74, 6) is 0.774. The van der Waals surface area contributed by atoms with Crippen molar-refractivity contribution < 1.29 is 48.2 Å². The average Bonchev–Trinajstić information content (AvgIpc) is 3.60. The summed E-state index contributed by atoms with van der Waals surface area (Å²) >= 11 is 0. The lowest BCUT2D eigenvalue weighted by Crippen LogP contribution is -2.06. The Labute approximate surface area is 288 Å². The van der Waals surface area contributed by atoms with Gasteiger partial charge in [-0.05, 0) is 65.2 Å². The summed E-state index contributed by atoms with van der Waals surface area (Å²) < 4.78 is 34.5. The molecule has 2 N–H and O–H groups in total. The number of carbonyl (C=O) groups is 2. The van der Waals surface area contributed by atoms with Crippen molar-refractivity contribution in [1.29, 1.82) is 0 Å². The molecule has 0 saturated heterocycles. The zero-order chi connectivity index (χ0) is 35.0. The first-order valence-electron chi connectivity index (χ1n) is 15.7. The number of methoxy groups -OCH3 is 2. The van der Waals surface area contributed by atoms with Crippen LogP contribution >= 0.6 is 0 Å². The molecule has 254 valence electrons. The fourth-order valence-electron chi connectivity index (χ4n) is 5.59. The van der Waals surface area contributed by atoms with Crippen LogP contribution < -0.4 is 28.4 Å². The van der Waals surface area contributed by atoms with E-state index in [1.807, 2.05) is 48.5 Å². The summed E-state index contributed by atoms with van der Waals surface area (Å²) in [7, 11) is 3.05. The van der Waals surface area contributed by atoms with E-state index in [2.05, 4.69) is 0 Å². The number of aromatic carboxylic acids is 1. The van der Waals surface area contributed by atoms with Gasteiger partial charge in [-0.1, -0.05) is 48.5 Å². The SMILES string of the molecule is COc1ccc(-c2ccc(OCc3ccccc3)cc2C=C(Cc2cc3c(cc2OC)OCO3)C(=O)O)c(OCc2ccccc2C(=O)O)c1. The van der Waals surface area contributed by atoms with Crippen molar-refractivity contribution in [2.45, 2.75) is 19.6 Å². The fraction of sp³-hybridized carbons (Fsp3) is 0.150. The molecule has 5 aromatic rings. The highest BCUT2D eigenvalue weighted by atomic mass is 16.7. The Morgan fingerprint density at radius 1 is 0.700 bits per heavy atom. The molecular weight excluding hydrogens is 640 g/mol. The predicted octanol–water partition coefficient (Wildman–Crippen LogP) is 7.67. The summed E-state index contributed by atoms with van der Waals surface area (Å²) in [6.07, 6.45) is 1.62. The van der Waals surface area contributed by atoms with E-state index in [0.717, 1.165) is 5.56 Å². The van der Waals surface area contributed by atoms with Gasteiger partial charge in [0.05, 0.1) is 19.8 Å². The largest absolute Gasteiger partial charge is 0.497 e. The molecule has 0 bridgehead atoms. The monoisotopic (exact) mass is 674 g/mol. The Morgan fingerprint density at radius 2 is 1.42 bits per heavy atom. The van der Waals surface area contributed by atoms with Crippen molar-refractivity contribution >= 4 is 18.0 Å². The molecule has 0 fully saturated rings. The van der Waals surface area contributed by atoms with Gasteiger partial charge in [0, 0.05) is 40.8 Å². The summed E-state index contributed by atoms with van der Waals surface area (Å²) in [4.78, 5) is 24.7. The number of ether oxygens (including phenoxy) is 6. The minimum atomic E-state index is -1.12. The lowest BCUT2D eigenvalue weighted by Gasteiger charge is -2.17. The molecule has 6 rings (SSSR count). The first-order valence-corrected chi connectivity index (χ1v) is 15.7. The number of hydrogen-bond acceptors (Lipinski definition) is 8.